The predicted molar refractivity (Wildman–Crippen MR) is 217 cm³/mol. The average molecular weight is 748 g/mol. The van der Waals surface area contributed by atoms with Crippen molar-refractivity contribution >= 4 is 17.9 Å². The van der Waals surface area contributed by atoms with Crippen LogP contribution in [0.3, 0.4) is 0 Å². The molecule has 0 amide bonds. The summed E-state index contributed by atoms with van der Waals surface area (Å²) in [6, 6.07) is -0.733. The second-order valence-electron chi connectivity index (χ2n) is 15.5. The Morgan fingerprint density at radius 1 is 0.585 bits per heavy atom. The van der Waals surface area contributed by atoms with E-state index in [-0.39, 0.29) is 43.1 Å². The van der Waals surface area contributed by atoms with Gasteiger partial charge in [-0.05, 0) is 51.4 Å². The number of quaternary nitrogens is 1. The molecule has 0 rings (SSSR count). The van der Waals surface area contributed by atoms with Crippen molar-refractivity contribution in [2.24, 2.45) is 0 Å². The highest BCUT2D eigenvalue weighted by atomic mass is 16.6. The third-order valence-electron chi connectivity index (χ3n) is 9.52. The van der Waals surface area contributed by atoms with Gasteiger partial charge < -0.3 is 28.6 Å². The van der Waals surface area contributed by atoms with Crippen LogP contribution in [0.5, 0.6) is 0 Å². The maximum Gasteiger partial charge on any atom is 0.306 e. The van der Waals surface area contributed by atoms with Crippen LogP contribution >= 0.6 is 0 Å². The summed E-state index contributed by atoms with van der Waals surface area (Å²) in [4.78, 5) is 36.5. The molecule has 2 unspecified atom stereocenters. The zero-order valence-electron chi connectivity index (χ0n) is 34.9. The summed E-state index contributed by atoms with van der Waals surface area (Å²) >= 11 is 0. The lowest BCUT2D eigenvalue weighted by Crippen LogP contribution is -2.55. The Balaban J connectivity index is 4.15. The number of unbranched alkanes of at least 4 members (excludes halogenated alkanes) is 18. The number of esters is 2. The highest BCUT2D eigenvalue weighted by molar-refractivity contribution is 5.70. The first-order chi connectivity index (χ1) is 25.6. The monoisotopic (exact) mass is 748 g/mol. The van der Waals surface area contributed by atoms with Gasteiger partial charge in [0.1, 0.15) is 12.6 Å². The van der Waals surface area contributed by atoms with Crippen LogP contribution in [0.4, 0.5) is 0 Å². The summed E-state index contributed by atoms with van der Waals surface area (Å²) in [5.41, 5.74) is 0. The van der Waals surface area contributed by atoms with Gasteiger partial charge in [0.2, 0.25) is 0 Å². The first-order valence-electron chi connectivity index (χ1n) is 21.5. The number of carbonyl (C=O) groups excluding carboxylic acids is 3. The fourth-order valence-corrected chi connectivity index (χ4v) is 6.18. The molecule has 0 aliphatic carbocycles. The van der Waals surface area contributed by atoms with Crippen LogP contribution in [-0.2, 0) is 28.6 Å². The van der Waals surface area contributed by atoms with E-state index in [2.05, 4.69) is 38.2 Å². The normalized spacial score (nSPS) is 13.3. The molecule has 0 aliphatic heterocycles. The highest BCUT2D eigenvalue weighted by Gasteiger charge is 2.25. The van der Waals surface area contributed by atoms with Gasteiger partial charge in [-0.25, -0.2) is 0 Å². The molecule has 8 heteroatoms. The topological polar surface area (TPSA) is 102 Å². The number of nitrogens with zero attached hydrogens (tertiary/aromatic N) is 1. The Morgan fingerprint density at radius 2 is 1.09 bits per heavy atom. The third-order valence-corrected chi connectivity index (χ3v) is 9.52. The quantitative estimate of drug-likeness (QED) is 0.0268. The summed E-state index contributed by atoms with van der Waals surface area (Å²) in [6.45, 7) is 4.44. The van der Waals surface area contributed by atoms with Gasteiger partial charge in [0, 0.05) is 19.3 Å². The lowest BCUT2D eigenvalue weighted by Gasteiger charge is -2.34. The molecule has 53 heavy (non-hydrogen) atoms. The molecular formula is C45H81NO7. The number of carbonyl (C=O) groups is 3. The fraction of sp³-hybridized carbons (Fsp3) is 0.800. The van der Waals surface area contributed by atoms with E-state index in [0.717, 1.165) is 32.1 Å². The number of ether oxygens (including phenoxy) is 3. The van der Waals surface area contributed by atoms with E-state index in [1.807, 2.05) is 12.2 Å². The number of aliphatic carboxylic acids is 1. The standard InChI is InChI=1S/C45H81NO7/c1-6-8-10-12-14-15-16-17-18-19-20-21-22-23-24-25-26-27-28-30-31-33-35-43(47)52-40-41(39-51-38-37-42(45(49)50)46(3,4)5)53-44(48)36-34-32-29-13-11-9-7-2/h9,11,22-23,29,32,41-42H,6-8,10,12-21,24-28,30-31,33-40H2,1-5H3/b11-9+,23-22+,32-29+. The molecule has 2 atom stereocenters. The predicted octanol–water partition coefficient (Wildman–Crippen LogP) is 10.1. The van der Waals surface area contributed by atoms with Crippen LogP contribution in [0.2, 0.25) is 0 Å². The second kappa shape index (κ2) is 36.5. The molecule has 0 heterocycles. The number of allylic oxidation sites excluding steroid dienone is 6. The van der Waals surface area contributed by atoms with Crippen LogP contribution in [0, 0.1) is 0 Å². The van der Waals surface area contributed by atoms with Gasteiger partial charge in [0.15, 0.2) is 6.10 Å². The Bertz CT molecular complexity index is 968. The van der Waals surface area contributed by atoms with Crippen molar-refractivity contribution in [1.82, 2.24) is 0 Å². The number of carboxylic acids is 1. The van der Waals surface area contributed by atoms with Crippen LogP contribution in [0.1, 0.15) is 181 Å². The summed E-state index contributed by atoms with van der Waals surface area (Å²) in [7, 11) is 5.37. The molecule has 0 radical (unpaired) electrons. The summed E-state index contributed by atoms with van der Waals surface area (Å²) in [6.07, 6.45) is 40.8. The van der Waals surface area contributed by atoms with E-state index in [1.54, 1.807) is 21.1 Å². The van der Waals surface area contributed by atoms with E-state index in [9.17, 15) is 19.5 Å². The van der Waals surface area contributed by atoms with Crippen LogP contribution < -0.4 is 5.11 Å². The van der Waals surface area contributed by atoms with E-state index in [1.165, 1.54) is 109 Å². The molecule has 0 saturated heterocycles. The summed E-state index contributed by atoms with van der Waals surface area (Å²) < 4.78 is 17.0. The highest BCUT2D eigenvalue weighted by Crippen LogP contribution is 2.14. The van der Waals surface area contributed by atoms with Crippen molar-refractivity contribution in [1.29, 1.82) is 0 Å². The Labute approximate surface area is 325 Å². The van der Waals surface area contributed by atoms with Gasteiger partial charge in [-0.2, -0.15) is 0 Å². The third kappa shape index (κ3) is 35.0. The lowest BCUT2D eigenvalue weighted by molar-refractivity contribution is -0.889. The molecule has 308 valence electrons. The van der Waals surface area contributed by atoms with E-state index in [4.69, 9.17) is 14.2 Å². The molecule has 8 nitrogen and oxygen atoms in total. The molecule has 0 bridgehead atoms. The molecule has 0 fully saturated rings. The zero-order chi connectivity index (χ0) is 39.3. The minimum absolute atomic E-state index is 0.0166. The van der Waals surface area contributed by atoms with Gasteiger partial charge in [-0.15, -0.1) is 0 Å². The van der Waals surface area contributed by atoms with E-state index < -0.39 is 24.1 Å². The maximum absolute atomic E-state index is 12.5. The van der Waals surface area contributed by atoms with Gasteiger partial charge >= 0.3 is 11.9 Å². The van der Waals surface area contributed by atoms with Crippen molar-refractivity contribution < 1.29 is 38.2 Å². The Morgan fingerprint density at radius 3 is 1.62 bits per heavy atom. The number of rotatable bonds is 38. The molecule has 0 saturated carbocycles. The van der Waals surface area contributed by atoms with Crippen molar-refractivity contribution in [3.8, 4) is 0 Å². The van der Waals surface area contributed by atoms with Crippen LogP contribution in [0.15, 0.2) is 36.5 Å². The van der Waals surface area contributed by atoms with Crippen molar-refractivity contribution in [3.05, 3.63) is 36.5 Å². The van der Waals surface area contributed by atoms with Crippen LogP contribution in [0.25, 0.3) is 0 Å². The van der Waals surface area contributed by atoms with Gasteiger partial charge in [0.25, 0.3) is 0 Å². The fourth-order valence-electron chi connectivity index (χ4n) is 6.18. The SMILES string of the molecule is CC/C=C/C/C=C/CCC(=O)OC(COCCC(C(=O)[O-])[N+](C)(C)C)COC(=O)CCCCCCCCC/C=C/CCCCCCCCCCCCC. The summed E-state index contributed by atoms with van der Waals surface area (Å²) in [5, 5.41) is 11.6. The van der Waals surface area contributed by atoms with Gasteiger partial charge in [-0.1, -0.05) is 147 Å². The van der Waals surface area contributed by atoms with Crippen molar-refractivity contribution in [3.63, 3.8) is 0 Å². The van der Waals surface area contributed by atoms with E-state index in [0.29, 0.717) is 12.8 Å². The minimum Gasteiger partial charge on any atom is -0.544 e. The summed E-state index contributed by atoms with van der Waals surface area (Å²) in [5.74, 6) is -1.84. The molecule has 0 N–H and O–H groups in total. The van der Waals surface area contributed by atoms with Gasteiger partial charge in [-0.3, -0.25) is 9.59 Å². The smallest absolute Gasteiger partial charge is 0.306 e. The Kier molecular flexibility index (Phi) is 34.8. The molecule has 0 aliphatic rings. The van der Waals surface area contributed by atoms with Crippen molar-refractivity contribution in [2.75, 3.05) is 41.0 Å². The average Bonchev–Trinajstić information content (AvgIpc) is 3.11. The lowest BCUT2D eigenvalue weighted by atomic mass is 10.0. The van der Waals surface area contributed by atoms with Gasteiger partial charge in [0.05, 0.1) is 40.3 Å². The number of hydrogen-bond acceptors (Lipinski definition) is 7. The number of carboxylic acid groups (broad SMARTS) is 1. The first kappa shape index (κ1) is 50.5. The van der Waals surface area contributed by atoms with Crippen molar-refractivity contribution in [2.45, 2.75) is 193 Å². The molecular weight excluding hydrogens is 666 g/mol. The second-order valence-corrected chi connectivity index (χ2v) is 15.5. The molecule has 0 aromatic heterocycles. The maximum atomic E-state index is 12.5. The Hall–Kier alpha value is -2.45. The molecule has 0 aromatic carbocycles. The zero-order valence-corrected chi connectivity index (χ0v) is 34.9. The number of hydrogen-bond donors (Lipinski definition) is 0. The number of likely N-dealkylation sites (N-methyl/N-ethyl adjacent to an activating group) is 1. The largest absolute Gasteiger partial charge is 0.544 e. The minimum atomic E-state index is -1.14. The van der Waals surface area contributed by atoms with Crippen LogP contribution in [-0.4, -0.2) is 75.5 Å². The molecule has 0 aromatic rings. The first-order valence-corrected chi connectivity index (χ1v) is 21.5. The van der Waals surface area contributed by atoms with E-state index >= 15 is 0 Å². The molecule has 0 spiro atoms.